The number of urea groups is 1. The number of rotatable bonds is 4. The lowest BCUT2D eigenvalue weighted by molar-refractivity contribution is 0.0699. The third kappa shape index (κ3) is 3.34. The highest BCUT2D eigenvalue weighted by Gasteiger charge is 2.46. The van der Waals surface area contributed by atoms with Crippen molar-refractivity contribution in [3.8, 4) is 0 Å². The summed E-state index contributed by atoms with van der Waals surface area (Å²) in [6.07, 6.45) is 3.46. The number of aliphatic hydroxyl groups is 1. The Kier molecular flexibility index (Phi) is 4.32. The summed E-state index contributed by atoms with van der Waals surface area (Å²) < 4.78 is 14.0. The fourth-order valence-electron chi connectivity index (χ4n) is 3.35. The molecule has 126 valence electrons. The largest absolute Gasteiger partial charge is 0.396 e. The summed E-state index contributed by atoms with van der Waals surface area (Å²) in [6, 6.07) is 6.77. The van der Waals surface area contributed by atoms with Gasteiger partial charge in [0, 0.05) is 31.7 Å². The Bertz CT molecular complexity index is 578. The SMILES string of the molecule is CC1(CO)CCN(C(=O)NCC2(c3ccccc3F)CC2)CC1. The Morgan fingerprint density at radius 1 is 1.26 bits per heavy atom. The Morgan fingerprint density at radius 3 is 2.48 bits per heavy atom. The second-order valence-corrected chi connectivity index (χ2v) is 7.37. The molecule has 1 aliphatic heterocycles. The molecule has 23 heavy (non-hydrogen) atoms. The minimum absolute atomic E-state index is 0.0678. The molecule has 0 aromatic heterocycles. The molecule has 2 aliphatic rings. The Hall–Kier alpha value is -1.62. The van der Waals surface area contributed by atoms with Gasteiger partial charge in [0.1, 0.15) is 5.82 Å². The van der Waals surface area contributed by atoms with Gasteiger partial charge in [0.15, 0.2) is 0 Å². The highest BCUT2D eigenvalue weighted by Crippen LogP contribution is 2.48. The van der Waals surface area contributed by atoms with Crippen LogP contribution in [0.5, 0.6) is 0 Å². The van der Waals surface area contributed by atoms with Gasteiger partial charge < -0.3 is 15.3 Å². The van der Waals surface area contributed by atoms with Crippen LogP contribution in [0.3, 0.4) is 0 Å². The van der Waals surface area contributed by atoms with Gasteiger partial charge in [-0.15, -0.1) is 0 Å². The van der Waals surface area contributed by atoms with Crippen LogP contribution in [0.15, 0.2) is 24.3 Å². The average molecular weight is 320 g/mol. The van der Waals surface area contributed by atoms with E-state index in [0.29, 0.717) is 25.2 Å². The first-order valence-corrected chi connectivity index (χ1v) is 8.37. The molecule has 1 saturated heterocycles. The molecule has 4 nitrogen and oxygen atoms in total. The summed E-state index contributed by atoms with van der Waals surface area (Å²) in [4.78, 5) is 14.1. The van der Waals surface area contributed by atoms with Gasteiger partial charge in [-0.1, -0.05) is 25.1 Å². The smallest absolute Gasteiger partial charge is 0.317 e. The molecule has 0 spiro atoms. The van der Waals surface area contributed by atoms with Gasteiger partial charge >= 0.3 is 6.03 Å². The molecule has 0 atom stereocenters. The van der Waals surface area contributed by atoms with Crippen LogP contribution in [0.1, 0.15) is 38.2 Å². The Labute approximate surface area is 136 Å². The number of nitrogens with one attached hydrogen (secondary N) is 1. The predicted molar refractivity (Wildman–Crippen MR) is 86.7 cm³/mol. The summed E-state index contributed by atoms with van der Waals surface area (Å²) in [7, 11) is 0. The Morgan fingerprint density at radius 2 is 1.91 bits per heavy atom. The number of hydrogen-bond donors (Lipinski definition) is 2. The molecule has 0 bridgehead atoms. The normalized spacial score (nSPS) is 21.8. The summed E-state index contributed by atoms with van der Waals surface area (Å²) in [5.74, 6) is -0.184. The van der Waals surface area contributed by atoms with Gasteiger partial charge in [0.05, 0.1) is 0 Å². The zero-order valence-electron chi connectivity index (χ0n) is 13.6. The van der Waals surface area contributed by atoms with E-state index in [4.69, 9.17) is 0 Å². The van der Waals surface area contributed by atoms with Crippen LogP contribution in [0.2, 0.25) is 0 Å². The number of amides is 2. The van der Waals surface area contributed by atoms with Gasteiger partial charge in [-0.25, -0.2) is 9.18 Å². The molecule has 2 N–H and O–H groups in total. The highest BCUT2D eigenvalue weighted by molar-refractivity contribution is 5.74. The molecule has 0 unspecified atom stereocenters. The first kappa shape index (κ1) is 16.2. The lowest BCUT2D eigenvalue weighted by Crippen LogP contribution is -2.49. The molecule has 3 rings (SSSR count). The molecular formula is C18H25FN2O2. The average Bonchev–Trinajstić information content (AvgIpc) is 3.35. The minimum atomic E-state index is -0.226. The molecule has 1 heterocycles. The van der Waals surface area contributed by atoms with E-state index in [1.54, 1.807) is 11.0 Å². The number of benzene rings is 1. The first-order chi connectivity index (χ1) is 11.0. The third-order valence-electron chi connectivity index (χ3n) is 5.52. The fourth-order valence-corrected chi connectivity index (χ4v) is 3.35. The van der Waals surface area contributed by atoms with Crippen molar-refractivity contribution in [3.63, 3.8) is 0 Å². The molecule has 2 fully saturated rings. The monoisotopic (exact) mass is 320 g/mol. The topological polar surface area (TPSA) is 52.6 Å². The van der Waals surface area contributed by atoms with Crippen molar-refractivity contribution < 1.29 is 14.3 Å². The lowest BCUT2D eigenvalue weighted by Gasteiger charge is -2.38. The Balaban J connectivity index is 1.55. The molecule has 1 aromatic rings. The van der Waals surface area contributed by atoms with Gasteiger partial charge in [-0.3, -0.25) is 0 Å². The summed E-state index contributed by atoms with van der Waals surface area (Å²) in [5.41, 5.74) is 0.421. The quantitative estimate of drug-likeness (QED) is 0.896. The molecule has 0 radical (unpaired) electrons. The van der Waals surface area contributed by atoms with E-state index in [1.807, 2.05) is 12.1 Å². The third-order valence-corrected chi connectivity index (χ3v) is 5.52. The van der Waals surface area contributed by atoms with Crippen LogP contribution < -0.4 is 5.32 Å². The van der Waals surface area contributed by atoms with E-state index in [9.17, 15) is 14.3 Å². The summed E-state index contributed by atoms with van der Waals surface area (Å²) in [5, 5.41) is 12.4. The van der Waals surface area contributed by atoms with Crippen molar-refractivity contribution in [2.75, 3.05) is 26.2 Å². The second kappa shape index (κ2) is 6.11. The van der Waals surface area contributed by atoms with E-state index in [1.165, 1.54) is 6.07 Å². The van der Waals surface area contributed by atoms with Crippen molar-refractivity contribution in [2.45, 2.75) is 38.0 Å². The van der Waals surface area contributed by atoms with Crippen molar-refractivity contribution in [1.29, 1.82) is 0 Å². The number of likely N-dealkylation sites (tertiary alicyclic amines) is 1. The summed E-state index contributed by atoms with van der Waals surface area (Å²) >= 11 is 0. The number of carbonyl (C=O) groups is 1. The molecule has 5 heteroatoms. The number of hydrogen-bond acceptors (Lipinski definition) is 2. The van der Waals surface area contributed by atoms with Crippen LogP contribution in [-0.2, 0) is 5.41 Å². The zero-order chi connectivity index (χ0) is 16.5. The molecule has 1 aromatic carbocycles. The van der Waals surface area contributed by atoms with E-state index >= 15 is 0 Å². The maximum Gasteiger partial charge on any atom is 0.317 e. The maximum absolute atomic E-state index is 14.0. The van der Waals surface area contributed by atoms with Crippen molar-refractivity contribution in [1.82, 2.24) is 10.2 Å². The highest BCUT2D eigenvalue weighted by atomic mass is 19.1. The van der Waals surface area contributed by atoms with E-state index in [2.05, 4.69) is 12.2 Å². The van der Waals surface area contributed by atoms with Crippen molar-refractivity contribution >= 4 is 6.03 Å². The van der Waals surface area contributed by atoms with Crippen LogP contribution in [0, 0.1) is 11.2 Å². The molecular weight excluding hydrogens is 295 g/mol. The summed E-state index contributed by atoms with van der Waals surface area (Å²) in [6.45, 7) is 4.03. The van der Waals surface area contributed by atoms with E-state index in [0.717, 1.165) is 25.7 Å². The number of halogens is 1. The van der Waals surface area contributed by atoms with Crippen molar-refractivity contribution in [2.24, 2.45) is 5.41 Å². The number of carbonyl (C=O) groups excluding carboxylic acids is 1. The lowest BCUT2D eigenvalue weighted by atomic mass is 9.81. The van der Waals surface area contributed by atoms with Crippen LogP contribution in [0.4, 0.5) is 9.18 Å². The predicted octanol–water partition coefficient (Wildman–Crippen LogP) is 2.66. The zero-order valence-corrected chi connectivity index (χ0v) is 13.6. The number of nitrogens with zero attached hydrogens (tertiary/aromatic N) is 1. The maximum atomic E-state index is 14.0. The van der Waals surface area contributed by atoms with Crippen LogP contribution >= 0.6 is 0 Å². The number of piperidine rings is 1. The molecule has 2 amide bonds. The van der Waals surface area contributed by atoms with E-state index in [-0.39, 0.29) is 29.3 Å². The van der Waals surface area contributed by atoms with Gasteiger partial charge in [0.25, 0.3) is 0 Å². The minimum Gasteiger partial charge on any atom is -0.396 e. The molecule has 1 saturated carbocycles. The number of aliphatic hydroxyl groups excluding tert-OH is 1. The van der Waals surface area contributed by atoms with Crippen LogP contribution in [-0.4, -0.2) is 42.3 Å². The van der Waals surface area contributed by atoms with E-state index < -0.39 is 0 Å². The van der Waals surface area contributed by atoms with Gasteiger partial charge in [-0.2, -0.15) is 0 Å². The second-order valence-electron chi connectivity index (χ2n) is 7.37. The van der Waals surface area contributed by atoms with Crippen molar-refractivity contribution in [3.05, 3.63) is 35.6 Å². The van der Waals surface area contributed by atoms with Gasteiger partial charge in [-0.05, 0) is 42.7 Å². The van der Waals surface area contributed by atoms with Crippen LogP contribution in [0.25, 0.3) is 0 Å². The van der Waals surface area contributed by atoms with Gasteiger partial charge in [0.2, 0.25) is 0 Å². The standard InChI is InChI=1S/C18H25FN2O2/c1-17(13-22)8-10-21(11-9-17)16(23)20-12-18(6-7-18)14-4-2-3-5-15(14)19/h2-5,22H,6-13H2,1H3,(H,20,23). The first-order valence-electron chi connectivity index (χ1n) is 8.37. The fraction of sp³-hybridized carbons (Fsp3) is 0.611. The molecule has 1 aliphatic carbocycles.